The van der Waals surface area contributed by atoms with Crippen molar-refractivity contribution in [2.75, 3.05) is 24.5 Å². The number of hydrogen-bond donors (Lipinski definition) is 1. The second-order valence-electron chi connectivity index (χ2n) is 7.44. The minimum atomic E-state index is -4.27. The molecule has 182 valence electrons. The third-order valence-corrected chi connectivity index (χ3v) is 7.21. The fourth-order valence-electron chi connectivity index (χ4n) is 3.30. The number of anilines is 1. The van der Waals surface area contributed by atoms with E-state index >= 15 is 0 Å². The Morgan fingerprint density at radius 2 is 1.82 bits per heavy atom. The van der Waals surface area contributed by atoms with Crippen LogP contribution in [0.3, 0.4) is 0 Å². The molecule has 1 aromatic heterocycles. The maximum Gasteiger partial charge on any atom is 0.326 e. The van der Waals surface area contributed by atoms with Crippen molar-refractivity contribution in [1.29, 1.82) is 0 Å². The molecule has 1 amide bonds. The van der Waals surface area contributed by atoms with Gasteiger partial charge in [-0.2, -0.15) is 5.10 Å². The summed E-state index contributed by atoms with van der Waals surface area (Å²) in [6.45, 7) is 1.56. The molecule has 0 saturated carbocycles. The van der Waals surface area contributed by atoms with Gasteiger partial charge in [0, 0.05) is 29.5 Å². The third kappa shape index (κ3) is 5.45. The number of esters is 1. The van der Waals surface area contributed by atoms with Gasteiger partial charge in [-0.15, -0.1) is 0 Å². The van der Waals surface area contributed by atoms with Crippen molar-refractivity contribution in [1.82, 2.24) is 15.1 Å². The van der Waals surface area contributed by atoms with Crippen molar-refractivity contribution < 1.29 is 22.7 Å². The first-order valence-electron chi connectivity index (χ1n) is 10.4. The lowest BCUT2D eigenvalue weighted by molar-refractivity contribution is -0.141. The highest BCUT2D eigenvalue weighted by Crippen LogP contribution is 2.31. The summed E-state index contributed by atoms with van der Waals surface area (Å²) in [5.41, 5.74) is 0.879. The van der Waals surface area contributed by atoms with Crippen LogP contribution >= 0.6 is 23.2 Å². The SMILES string of the molecule is CCCCOC(=O)CN(c1ccc2c(C(=O)NC)nn(C)c2c1)S(=O)(=O)c1cc(Cl)cc(Cl)c1. The zero-order chi connectivity index (χ0) is 25.0. The van der Waals surface area contributed by atoms with Crippen molar-refractivity contribution in [3.63, 3.8) is 0 Å². The van der Waals surface area contributed by atoms with Crippen molar-refractivity contribution >= 4 is 61.7 Å². The fraction of sp³-hybridized carbons (Fsp3) is 0.318. The largest absolute Gasteiger partial charge is 0.464 e. The summed E-state index contributed by atoms with van der Waals surface area (Å²) in [6, 6.07) is 8.54. The first kappa shape index (κ1) is 25.8. The van der Waals surface area contributed by atoms with E-state index in [9.17, 15) is 18.0 Å². The van der Waals surface area contributed by atoms with Crippen LogP contribution in [0.15, 0.2) is 41.3 Å². The van der Waals surface area contributed by atoms with E-state index in [-0.39, 0.29) is 38.8 Å². The Hall–Kier alpha value is -2.82. The van der Waals surface area contributed by atoms with Gasteiger partial charge in [0.05, 0.1) is 22.7 Å². The first-order valence-corrected chi connectivity index (χ1v) is 12.6. The molecule has 0 aliphatic rings. The Morgan fingerprint density at radius 3 is 2.44 bits per heavy atom. The highest BCUT2D eigenvalue weighted by molar-refractivity contribution is 7.92. The number of nitrogens with zero attached hydrogens (tertiary/aromatic N) is 3. The minimum Gasteiger partial charge on any atom is -0.464 e. The second-order valence-corrected chi connectivity index (χ2v) is 10.2. The van der Waals surface area contributed by atoms with E-state index in [1.54, 1.807) is 13.1 Å². The van der Waals surface area contributed by atoms with Gasteiger partial charge in [-0.25, -0.2) is 8.42 Å². The number of unbranched alkanes of at least 4 members (excludes halogenated alkanes) is 1. The number of rotatable bonds is 9. The second kappa shape index (κ2) is 10.6. The van der Waals surface area contributed by atoms with Crippen LogP contribution in [-0.4, -0.2) is 50.3 Å². The minimum absolute atomic E-state index is 0.133. The summed E-state index contributed by atoms with van der Waals surface area (Å²) in [7, 11) is -1.14. The number of fused-ring (bicyclic) bond motifs is 1. The third-order valence-electron chi connectivity index (χ3n) is 5.02. The number of halogens is 2. The summed E-state index contributed by atoms with van der Waals surface area (Å²) in [5.74, 6) is -1.09. The molecule has 1 N–H and O–H groups in total. The molecule has 0 bridgehead atoms. The van der Waals surface area contributed by atoms with Crippen molar-refractivity contribution in [2.24, 2.45) is 7.05 Å². The number of aromatic nitrogens is 2. The summed E-state index contributed by atoms with van der Waals surface area (Å²) >= 11 is 12.1. The number of carbonyl (C=O) groups is 2. The van der Waals surface area contributed by atoms with Gasteiger partial charge in [0.25, 0.3) is 15.9 Å². The molecule has 0 saturated heterocycles. The monoisotopic (exact) mass is 526 g/mol. The smallest absolute Gasteiger partial charge is 0.326 e. The first-order chi connectivity index (χ1) is 16.1. The van der Waals surface area contributed by atoms with Gasteiger partial charge in [-0.05, 0) is 42.8 Å². The number of amides is 1. The lowest BCUT2D eigenvalue weighted by Gasteiger charge is -2.24. The Labute approximate surface area is 207 Å². The zero-order valence-corrected chi connectivity index (χ0v) is 21.2. The molecule has 0 aliphatic heterocycles. The van der Waals surface area contributed by atoms with Gasteiger partial charge in [-0.3, -0.25) is 18.6 Å². The van der Waals surface area contributed by atoms with E-state index in [0.717, 1.165) is 10.7 Å². The molecule has 3 aromatic rings. The number of nitrogens with one attached hydrogen (secondary N) is 1. The molecule has 0 unspecified atom stereocenters. The molecular weight excluding hydrogens is 503 g/mol. The normalized spacial score (nSPS) is 11.4. The van der Waals surface area contributed by atoms with E-state index in [0.29, 0.717) is 17.3 Å². The lowest BCUT2D eigenvalue weighted by Crippen LogP contribution is -2.36. The highest BCUT2D eigenvalue weighted by atomic mass is 35.5. The van der Waals surface area contributed by atoms with Crippen LogP contribution in [0.4, 0.5) is 5.69 Å². The molecule has 3 rings (SSSR count). The summed E-state index contributed by atoms with van der Waals surface area (Å²) < 4.78 is 34.8. The average Bonchev–Trinajstić information content (AvgIpc) is 3.12. The standard InChI is InChI=1S/C22H24Cl2N4O5S/c1-4-5-8-33-20(29)13-28(34(31,32)17-10-14(23)9-15(24)11-17)16-6-7-18-19(12-16)27(3)26-21(18)22(30)25-2/h6-7,9-12H,4-5,8,13H2,1-3H3,(H,25,30). The predicted octanol–water partition coefficient (Wildman–Crippen LogP) is 3.78. The maximum atomic E-state index is 13.6. The molecule has 0 fully saturated rings. The van der Waals surface area contributed by atoms with Gasteiger partial charge in [0.15, 0.2) is 5.69 Å². The maximum absolute atomic E-state index is 13.6. The van der Waals surface area contributed by atoms with Crippen LogP contribution in [-0.2, 0) is 26.6 Å². The number of hydrogen-bond acceptors (Lipinski definition) is 6. The van der Waals surface area contributed by atoms with E-state index < -0.39 is 22.5 Å². The number of carbonyl (C=O) groups excluding carboxylic acids is 2. The molecule has 34 heavy (non-hydrogen) atoms. The van der Waals surface area contributed by atoms with Crippen LogP contribution in [0.2, 0.25) is 10.0 Å². The summed E-state index contributed by atoms with van der Waals surface area (Å²) in [4.78, 5) is 24.5. The van der Waals surface area contributed by atoms with E-state index in [2.05, 4.69) is 10.4 Å². The van der Waals surface area contributed by atoms with Crippen LogP contribution in [0, 0.1) is 0 Å². The molecule has 1 heterocycles. The van der Waals surface area contributed by atoms with Crippen molar-refractivity contribution in [2.45, 2.75) is 24.7 Å². The average molecular weight is 527 g/mol. The Kier molecular flexibility index (Phi) is 8.06. The molecule has 0 atom stereocenters. The molecule has 0 radical (unpaired) electrons. The summed E-state index contributed by atoms with van der Waals surface area (Å²) in [5, 5.41) is 7.54. The topological polar surface area (TPSA) is 111 Å². The fourth-order valence-corrected chi connectivity index (χ4v) is 5.43. The molecule has 2 aromatic carbocycles. The Morgan fingerprint density at radius 1 is 1.15 bits per heavy atom. The van der Waals surface area contributed by atoms with Crippen LogP contribution < -0.4 is 9.62 Å². The number of benzene rings is 2. The molecule has 12 heteroatoms. The quantitative estimate of drug-likeness (QED) is 0.335. The Bertz CT molecular complexity index is 1320. The molecule has 0 spiro atoms. The van der Waals surface area contributed by atoms with Gasteiger partial charge >= 0.3 is 5.97 Å². The van der Waals surface area contributed by atoms with Crippen LogP contribution in [0.5, 0.6) is 0 Å². The van der Waals surface area contributed by atoms with E-state index in [1.807, 2.05) is 6.92 Å². The molecular formula is C22H24Cl2N4O5S. The van der Waals surface area contributed by atoms with Crippen molar-refractivity contribution in [3.8, 4) is 0 Å². The number of aryl methyl sites for hydroxylation is 1. The van der Waals surface area contributed by atoms with Gasteiger partial charge in [0.2, 0.25) is 0 Å². The van der Waals surface area contributed by atoms with Crippen LogP contribution in [0.1, 0.15) is 30.3 Å². The number of sulfonamides is 1. The van der Waals surface area contributed by atoms with E-state index in [4.69, 9.17) is 27.9 Å². The van der Waals surface area contributed by atoms with Crippen molar-refractivity contribution in [3.05, 3.63) is 52.1 Å². The summed E-state index contributed by atoms with van der Waals surface area (Å²) in [6.07, 6.45) is 1.48. The zero-order valence-electron chi connectivity index (χ0n) is 18.8. The van der Waals surface area contributed by atoms with E-state index in [1.165, 1.54) is 42.1 Å². The van der Waals surface area contributed by atoms with Crippen LogP contribution in [0.25, 0.3) is 10.9 Å². The van der Waals surface area contributed by atoms with Gasteiger partial charge in [0.1, 0.15) is 6.54 Å². The number of ether oxygens (including phenoxy) is 1. The molecule has 0 aliphatic carbocycles. The Balaban J connectivity index is 2.11. The predicted molar refractivity (Wildman–Crippen MR) is 131 cm³/mol. The van der Waals surface area contributed by atoms with Gasteiger partial charge < -0.3 is 10.1 Å². The lowest BCUT2D eigenvalue weighted by atomic mass is 10.2. The highest BCUT2D eigenvalue weighted by Gasteiger charge is 2.29. The van der Waals surface area contributed by atoms with Gasteiger partial charge in [-0.1, -0.05) is 36.5 Å². The molecule has 9 nitrogen and oxygen atoms in total.